The molecule has 7 nitrogen and oxygen atoms in total. The Labute approximate surface area is 175 Å². The first-order valence-corrected chi connectivity index (χ1v) is 12.1. The summed E-state index contributed by atoms with van der Waals surface area (Å²) in [6.07, 6.45) is 6.27. The van der Waals surface area contributed by atoms with Gasteiger partial charge in [-0.15, -0.1) is 11.3 Å². The normalized spacial score (nSPS) is 14.8. The van der Waals surface area contributed by atoms with Crippen LogP contribution in [0.15, 0.2) is 29.2 Å². The number of amides is 1. The maximum atomic E-state index is 12.4. The van der Waals surface area contributed by atoms with Crippen LogP contribution < -0.4 is 14.8 Å². The molecule has 0 aliphatic heterocycles. The highest BCUT2D eigenvalue weighted by Crippen LogP contribution is 2.27. The van der Waals surface area contributed by atoms with Crippen LogP contribution in [-0.4, -0.2) is 39.0 Å². The molecule has 1 aliphatic rings. The number of methoxy groups -OCH3 is 1. The number of sulfonamides is 1. The van der Waals surface area contributed by atoms with Gasteiger partial charge in [0.05, 0.1) is 28.7 Å². The molecule has 1 amide bonds. The van der Waals surface area contributed by atoms with Crippen molar-refractivity contribution in [2.75, 3.05) is 13.7 Å². The summed E-state index contributed by atoms with van der Waals surface area (Å²) in [4.78, 5) is 18.5. The lowest BCUT2D eigenvalue weighted by Crippen LogP contribution is -2.45. The summed E-state index contributed by atoms with van der Waals surface area (Å²) < 4.78 is 32.3. The van der Waals surface area contributed by atoms with Gasteiger partial charge in [-0.25, -0.2) is 13.4 Å². The molecule has 2 aromatic rings. The van der Waals surface area contributed by atoms with Crippen LogP contribution in [0.5, 0.6) is 5.75 Å². The van der Waals surface area contributed by atoms with Crippen LogP contribution in [0.1, 0.15) is 41.8 Å². The standard InChI is InChI=1S/C20H27N3O4S2/c1-14(23-29(25,26)16-11-9-15(27-2)10-12-16)20(24)21-13-5-8-19-22-17-6-3-4-7-18(17)28-19/h9-12,14,23H,3-8,13H2,1-2H3,(H,21,24)/t14-/m0/s1. The molecule has 0 saturated carbocycles. The predicted octanol–water partition coefficient (Wildman–Crippen LogP) is 2.45. The van der Waals surface area contributed by atoms with Gasteiger partial charge in [-0.3, -0.25) is 4.79 Å². The van der Waals surface area contributed by atoms with Gasteiger partial charge in [0.15, 0.2) is 0 Å². The van der Waals surface area contributed by atoms with Crippen molar-refractivity contribution in [2.45, 2.75) is 56.4 Å². The Balaban J connectivity index is 1.44. The van der Waals surface area contributed by atoms with E-state index in [0.717, 1.165) is 30.7 Å². The summed E-state index contributed by atoms with van der Waals surface area (Å²) in [6, 6.07) is 5.15. The Bertz CT molecular complexity index is 916. The number of carbonyl (C=O) groups excluding carboxylic acids is 1. The van der Waals surface area contributed by atoms with Crippen LogP contribution in [0.4, 0.5) is 0 Å². The van der Waals surface area contributed by atoms with Crippen LogP contribution in [0.2, 0.25) is 0 Å². The van der Waals surface area contributed by atoms with Gasteiger partial charge in [0.25, 0.3) is 0 Å². The maximum absolute atomic E-state index is 12.4. The fourth-order valence-electron chi connectivity index (χ4n) is 3.23. The van der Waals surface area contributed by atoms with Gasteiger partial charge in [-0.1, -0.05) is 0 Å². The molecule has 0 radical (unpaired) electrons. The third-order valence-electron chi connectivity index (χ3n) is 4.85. The summed E-state index contributed by atoms with van der Waals surface area (Å²) in [5.74, 6) is 0.219. The Kier molecular flexibility index (Phi) is 7.26. The second kappa shape index (κ2) is 9.69. The number of carbonyl (C=O) groups is 1. The van der Waals surface area contributed by atoms with E-state index in [4.69, 9.17) is 9.72 Å². The Morgan fingerprint density at radius 2 is 1.97 bits per heavy atom. The number of aryl methyl sites for hydroxylation is 3. The molecule has 1 aliphatic carbocycles. The van der Waals surface area contributed by atoms with Gasteiger partial charge in [0, 0.05) is 17.8 Å². The van der Waals surface area contributed by atoms with Crippen LogP contribution in [0, 0.1) is 0 Å². The first kappa shape index (κ1) is 21.7. The van der Waals surface area contributed by atoms with E-state index in [1.54, 1.807) is 23.5 Å². The number of fused-ring (bicyclic) bond motifs is 1. The quantitative estimate of drug-likeness (QED) is 0.587. The second-order valence-corrected chi connectivity index (χ2v) is 9.98. The molecule has 0 saturated heterocycles. The second-order valence-electron chi connectivity index (χ2n) is 7.10. The molecule has 0 bridgehead atoms. The highest BCUT2D eigenvalue weighted by molar-refractivity contribution is 7.89. The number of nitrogens with one attached hydrogen (secondary N) is 2. The largest absolute Gasteiger partial charge is 0.497 e. The molecule has 158 valence electrons. The van der Waals surface area contributed by atoms with Crippen molar-refractivity contribution in [3.63, 3.8) is 0 Å². The lowest BCUT2D eigenvalue weighted by atomic mass is 10.0. The van der Waals surface area contributed by atoms with Crippen molar-refractivity contribution in [3.05, 3.63) is 39.8 Å². The van der Waals surface area contributed by atoms with Crippen molar-refractivity contribution >= 4 is 27.3 Å². The average molecular weight is 438 g/mol. The van der Waals surface area contributed by atoms with Crippen molar-refractivity contribution in [1.82, 2.24) is 15.0 Å². The molecule has 0 unspecified atom stereocenters. The van der Waals surface area contributed by atoms with Crippen molar-refractivity contribution in [1.29, 1.82) is 0 Å². The molecular formula is C20H27N3O4S2. The van der Waals surface area contributed by atoms with E-state index in [2.05, 4.69) is 10.0 Å². The highest BCUT2D eigenvalue weighted by Gasteiger charge is 2.22. The number of hydrogen-bond donors (Lipinski definition) is 2. The van der Waals surface area contributed by atoms with E-state index in [9.17, 15) is 13.2 Å². The Hall–Kier alpha value is -1.97. The van der Waals surface area contributed by atoms with Crippen LogP contribution in [0.25, 0.3) is 0 Å². The van der Waals surface area contributed by atoms with Crippen molar-refractivity contribution in [2.24, 2.45) is 0 Å². The number of aromatic nitrogens is 1. The highest BCUT2D eigenvalue weighted by atomic mass is 32.2. The first-order chi connectivity index (χ1) is 13.9. The number of thiazole rings is 1. The minimum atomic E-state index is -3.78. The topological polar surface area (TPSA) is 97.4 Å². The zero-order chi connectivity index (χ0) is 20.9. The third-order valence-corrected chi connectivity index (χ3v) is 7.63. The molecule has 9 heteroatoms. The minimum absolute atomic E-state index is 0.0886. The lowest BCUT2D eigenvalue weighted by Gasteiger charge is -2.14. The molecule has 0 spiro atoms. The summed E-state index contributed by atoms with van der Waals surface area (Å²) in [6.45, 7) is 2.02. The van der Waals surface area contributed by atoms with Gasteiger partial charge >= 0.3 is 0 Å². The average Bonchev–Trinajstić information content (AvgIpc) is 3.13. The predicted molar refractivity (Wildman–Crippen MR) is 113 cm³/mol. The fourth-order valence-corrected chi connectivity index (χ4v) is 5.63. The molecule has 1 atom stereocenters. The number of benzene rings is 1. The molecule has 1 aromatic heterocycles. The van der Waals surface area contributed by atoms with Crippen LogP contribution in [-0.2, 0) is 34.1 Å². The zero-order valence-electron chi connectivity index (χ0n) is 16.7. The molecule has 3 rings (SSSR count). The van der Waals surface area contributed by atoms with Gasteiger partial charge in [0.2, 0.25) is 15.9 Å². The summed E-state index contributed by atoms with van der Waals surface area (Å²) in [5.41, 5.74) is 1.25. The first-order valence-electron chi connectivity index (χ1n) is 9.80. The number of hydrogen-bond acceptors (Lipinski definition) is 6. The number of nitrogens with zero attached hydrogens (tertiary/aromatic N) is 1. The van der Waals surface area contributed by atoms with Gasteiger partial charge in [0.1, 0.15) is 5.75 Å². The van der Waals surface area contributed by atoms with Crippen molar-refractivity contribution in [3.8, 4) is 5.75 Å². The monoisotopic (exact) mass is 437 g/mol. The Morgan fingerprint density at radius 1 is 1.24 bits per heavy atom. The smallest absolute Gasteiger partial charge is 0.241 e. The molecular weight excluding hydrogens is 410 g/mol. The van der Waals surface area contributed by atoms with Gasteiger partial charge < -0.3 is 10.1 Å². The summed E-state index contributed by atoms with van der Waals surface area (Å²) in [5, 5.41) is 3.92. The SMILES string of the molecule is COc1ccc(S(=O)(=O)N[C@@H](C)C(=O)NCCCc2nc3c(s2)CCCC3)cc1. The van der Waals surface area contributed by atoms with E-state index in [1.807, 2.05) is 0 Å². The Morgan fingerprint density at radius 3 is 2.66 bits per heavy atom. The molecule has 1 aromatic carbocycles. The maximum Gasteiger partial charge on any atom is 0.241 e. The van der Waals surface area contributed by atoms with Gasteiger partial charge in [-0.05, 0) is 63.3 Å². The third kappa shape index (κ3) is 5.77. The molecule has 2 N–H and O–H groups in total. The molecule has 29 heavy (non-hydrogen) atoms. The van der Waals surface area contributed by atoms with E-state index in [1.165, 1.54) is 49.6 Å². The fraction of sp³-hybridized carbons (Fsp3) is 0.500. The van der Waals surface area contributed by atoms with Crippen molar-refractivity contribution < 1.29 is 17.9 Å². The van der Waals surface area contributed by atoms with E-state index in [0.29, 0.717) is 12.3 Å². The van der Waals surface area contributed by atoms with Crippen LogP contribution in [0.3, 0.4) is 0 Å². The minimum Gasteiger partial charge on any atom is -0.497 e. The molecule has 0 fully saturated rings. The lowest BCUT2D eigenvalue weighted by molar-refractivity contribution is -0.122. The zero-order valence-corrected chi connectivity index (χ0v) is 18.4. The number of ether oxygens (including phenoxy) is 1. The summed E-state index contributed by atoms with van der Waals surface area (Å²) >= 11 is 1.78. The summed E-state index contributed by atoms with van der Waals surface area (Å²) in [7, 11) is -2.27. The number of rotatable bonds is 9. The van der Waals surface area contributed by atoms with E-state index in [-0.39, 0.29) is 10.8 Å². The van der Waals surface area contributed by atoms with E-state index >= 15 is 0 Å². The molecule has 1 heterocycles. The van der Waals surface area contributed by atoms with Crippen LogP contribution >= 0.6 is 11.3 Å². The van der Waals surface area contributed by atoms with E-state index < -0.39 is 16.1 Å². The van der Waals surface area contributed by atoms with Gasteiger partial charge in [-0.2, -0.15) is 4.72 Å².